The molecule has 0 saturated heterocycles. The van der Waals surface area contributed by atoms with Crippen molar-refractivity contribution < 1.29 is 18.4 Å². The summed E-state index contributed by atoms with van der Waals surface area (Å²) in [5.74, 6) is 0. The van der Waals surface area contributed by atoms with Crippen molar-refractivity contribution in [3.63, 3.8) is 0 Å². The average molecular weight is 164 g/mol. The van der Waals surface area contributed by atoms with Crippen molar-refractivity contribution in [3.8, 4) is 0 Å². The van der Waals surface area contributed by atoms with Crippen molar-refractivity contribution in [2.24, 2.45) is 0 Å². The Morgan fingerprint density at radius 3 is 3.62 bits per heavy atom. The molecule has 0 aromatic rings. The molecule has 0 bridgehead atoms. The van der Waals surface area contributed by atoms with Crippen molar-refractivity contribution >= 4 is 25.1 Å². The molecule has 0 aliphatic rings. The molecule has 50 valence electrons. The molecule has 0 radical (unpaired) electrons. The van der Waals surface area contributed by atoms with Gasteiger partial charge >= 0.3 is 0 Å². The highest BCUT2D eigenvalue weighted by Crippen LogP contribution is 2.02. The van der Waals surface area contributed by atoms with Gasteiger partial charge in [0.15, 0.2) is 0 Å². The van der Waals surface area contributed by atoms with E-state index in [1.165, 1.54) is 0 Å². The van der Waals surface area contributed by atoms with Crippen LogP contribution >= 0.6 is 25.1 Å². The van der Waals surface area contributed by atoms with Crippen LogP contribution in [0.3, 0.4) is 0 Å². The first-order chi connectivity index (χ1) is 7.99. The SMILES string of the molecule is [2H]OC([2H])([2H])[C@@]([2H])(O[2H])[C@]([2H])(S[2H])C([2H])([2H])S[2H]. The summed E-state index contributed by atoms with van der Waals surface area (Å²) >= 11 is -0.642. The molecular formula is C4H10O2S2. The summed E-state index contributed by atoms with van der Waals surface area (Å²) < 4.78 is 71.6. The molecule has 0 unspecified atom stereocenters. The largest absolute Gasteiger partial charge is 0.394 e. The molecule has 8 heavy (non-hydrogen) atoms. The zero-order valence-electron chi connectivity index (χ0n) is 13.6. The minimum Gasteiger partial charge on any atom is -0.394 e. The summed E-state index contributed by atoms with van der Waals surface area (Å²) in [6.07, 6.45) is -3.36. The van der Waals surface area contributed by atoms with Crippen molar-refractivity contribution in [2.75, 3.05) is 12.3 Å². The maximum atomic E-state index is 7.71. The lowest BCUT2D eigenvalue weighted by Crippen LogP contribution is -2.25. The lowest BCUT2D eigenvalue weighted by molar-refractivity contribution is 0.0978. The van der Waals surface area contributed by atoms with Gasteiger partial charge in [0.1, 0.15) is 2.25 Å². The summed E-state index contributed by atoms with van der Waals surface area (Å²) in [5.41, 5.74) is -2.92. The average Bonchev–Trinajstić information content (AvgIpc) is 2.35. The molecule has 4 heteroatoms. The van der Waals surface area contributed by atoms with E-state index in [9.17, 15) is 0 Å². The van der Waals surface area contributed by atoms with Gasteiger partial charge in [0.25, 0.3) is 0 Å². The van der Waals surface area contributed by atoms with Crippen LogP contribution in [0, 0.1) is 0 Å². The Labute approximate surface area is 73.3 Å². The standard InChI is InChI=1S/C4H10O2S2/c5-1-3(6)4(8)2-7/h3-8H,1-2H2/t3-,4-/m1/s1/i1D2,2D2,3D,4D,5D,6D/hD2. The first kappa shape index (κ1) is 1.61. The fraction of sp³-hybridized carbons (Fsp3) is 1.00. The Hall–Kier alpha value is 0.620. The van der Waals surface area contributed by atoms with Gasteiger partial charge in [0.2, 0.25) is 2.86 Å². The van der Waals surface area contributed by atoms with Gasteiger partial charge in [0, 0.05) is 15.0 Å². The third kappa shape index (κ3) is 2.81. The van der Waals surface area contributed by atoms with Crippen LogP contribution in [0.15, 0.2) is 0 Å². The number of hydrogen-bond acceptors (Lipinski definition) is 4. The molecular weight excluding hydrogens is 144 g/mol. The van der Waals surface area contributed by atoms with Crippen molar-refractivity contribution in [2.45, 2.75) is 11.3 Å². The van der Waals surface area contributed by atoms with E-state index in [4.69, 9.17) is 13.3 Å². The van der Waals surface area contributed by atoms with Crippen LogP contribution in [0.25, 0.3) is 0 Å². The number of rotatable bonds is 7. The minimum absolute atomic E-state index is 0.284. The first-order valence-electron chi connectivity index (χ1n) is 6.20. The van der Waals surface area contributed by atoms with Crippen LogP contribution in [-0.2, 0) is 0 Å². The van der Waals surface area contributed by atoms with Gasteiger partial charge in [-0.2, -0.15) is 25.1 Å². The van der Waals surface area contributed by atoms with Crippen LogP contribution in [0.4, 0.5) is 0 Å². The fourth-order valence-corrected chi connectivity index (χ4v) is 0.227. The van der Waals surface area contributed by atoms with Crippen LogP contribution < -0.4 is 0 Å². The zero-order valence-corrected chi connectivity index (χ0v) is 5.27. The lowest BCUT2D eigenvalue weighted by atomic mass is 10.3. The summed E-state index contributed by atoms with van der Waals surface area (Å²) in [5, 5.41) is 4.30. The van der Waals surface area contributed by atoms with Gasteiger partial charge in [-0.05, 0) is 0 Å². The molecule has 0 aliphatic heterocycles. The Kier molecular flexibility index (Phi) is 0.906. The molecule has 0 aromatic carbocycles. The second-order valence-corrected chi connectivity index (χ2v) is 1.47. The molecule has 0 spiro atoms. The molecule has 0 aromatic heterocycles. The third-order valence-corrected chi connectivity index (χ3v) is 1.01. The maximum absolute atomic E-state index is 7.71. The minimum atomic E-state index is -3.36. The Bertz CT molecular complexity index is 263. The first-order valence-corrected chi connectivity index (χ1v) is 2.38. The van der Waals surface area contributed by atoms with Crippen LogP contribution in [-0.4, -0.2) is 38.9 Å². The fourth-order valence-electron chi connectivity index (χ4n) is 0.0927. The van der Waals surface area contributed by atoms with Gasteiger partial charge in [-0.1, -0.05) is 0 Å². The van der Waals surface area contributed by atoms with Crippen LogP contribution in [0.2, 0.25) is 0 Å². The van der Waals surface area contributed by atoms with E-state index in [1.807, 2.05) is 0 Å². The predicted molar refractivity (Wildman–Crippen MR) is 39.7 cm³/mol. The van der Waals surface area contributed by atoms with Gasteiger partial charge in [-0.15, -0.1) is 0 Å². The summed E-state index contributed by atoms with van der Waals surface area (Å²) in [6, 6.07) is 0. The van der Waals surface area contributed by atoms with Gasteiger partial charge in [-0.25, -0.2) is 0 Å². The molecule has 2 N–H and O–H groups in total. The molecule has 0 aliphatic carbocycles. The maximum Gasteiger partial charge on any atom is 0.211 e. The smallest absolute Gasteiger partial charge is 0.211 e. The topological polar surface area (TPSA) is 40.5 Å². The molecule has 2 atom stereocenters. The van der Waals surface area contributed by atoms with Crippen LogP contribution in [0.1, 0.15) is 8.22 Å². The third-order valence-electron chi connectivity index (χ3n) is 0.392. The Morgan fingerprint density at radius 2 is 3.12 bits per heavy atom. The van der Waals surface area contributed by atoms with E-state index in [0.29, 0.717) is 0 Å². The molecule has 0 rings (SSSR count). The monoisotopic (exact) mass is 164 g/mol. The summed E-state index contributed by atoms with van der Waals surface area (Å²) in [4.78, 5) is 0. The predicted octanol–water partition coefficient (Wildman–Crippen LogP) is -0.432. The normalized spacial score (nSPS) is 47.0. The number of aliphatic hydroxyl groups is 2. The highest BCUT2D eigenvalue weighted by molar-refractivity contribution is 7.84. The van der Waals surface area contributed by atoms with Gasteiger partial charge in [-0.3, -0.25) is 0 Å². The number of thiol groups is 2. The molecule has 0 amide bonds. The second kappa shape index (κ2) is 4.49. The van der Waals surface area contributed by atoms with E-state index < -0.39 is 23.6 Å². The molecule has 2 nitrogen and oxygen atoms in total. The van der Waals surface area contributed by atoms with Crippen molar-refractivity contribution in [1.29, 1.82) is 5.11 Å². The second-order valence-electron chi connectivity index (χ2n) is 0.862. The molecule has 0 fully saturated rings. The quantitative estimate of drug-likeness (QED) is 0.386. The van der Waals surface area contributed by atoms with Crippen molar-refractivity contribution in [1.82, 2.24) is 0 Å². The Balaban J connectivity index is 5.89. The van der Waals surface area contributed by atoms with E-state index in [1.54, 1.807) is 0 Å². The zero-order chi connectivity index (χ0) is 14.8. The van der Waals surface area contributed by atoms with E-state index in [2.05, 4.69) is 10.2 Å². The van der Waals surface area contributed by atoms with Gasteiger partial charge < -0.3 is 10.2 Å². The summed E-state index contributed by atoms with van der Waals surface area (Å²) in [7, 11) is 0. The highest BCUT2D eigenvalue weighted by atomic mass is 32.1. The highest BCUT2D eigenvalue weighted by Gasteiger charge is 2.10. The van der Waals surface area contributed by atoms with E-state index >= 15 is 0 Å². The molecule has 0 saturated carbocycles. The Morgan fingerprint density at radius 1 is 2.12 bits per heavy atom. The summed E-state index contributed by atoms with van der Waals surface area (Å²) in [6.45, 7) is -3.35. The van der Waals surface area contributed by atoms with E-state index in [0.717, 1.165) is 0 Å². The molecule has 0 heterocycles. The lowest BCUT2D eigenvalue weighted by Gasteiger charge is -2.11. The van der Waals surface area contributed by atoms with Crippen molar-refractivity contribution in [3.05, 3.63) is 0 Å². The van der Waals surface area contributed by atoms with E-state index in [-0.39, 0.29) is 25.1 Å². The van der Waals surface area contributed by atoms with Crippen LogP contribution in [0.5, 0.6) is 0 Å². The van der Waals surface area contributed by atoms with Gasteiger partial charge in [0.05, 0.1) is 16.8 Å². The number of hydrogen-bond donors (Lipinski definition) is 4.